The van der Waals surface area contributed by atoms with E-state index in [-0.39, 0.29) is 11.5 Å². The van der Waals surface area contributed by atoms with Gasteiger partial charge in [-0.1, -0.05) is 12.1 Å². The van der Waals surface area contributed by atoms with Crippen LogP contribution >= 0.6 is 11.3 Å². The summed E-state index contributed by atoms with van der Waals surface area (Å²) in [5, 5.41) is 20.3. The molecule has 4 nitrogen and oxygen atoms in total. The summed E-state index contributed by atoms with van der Waals surface area (Å²) in [5.41, 5.74) is 3.19. The van der Waals surface area contributed by atoms with Crippen molar-refractivity contribution < 1.29 is 10.2 Å². The highest BCUT2D eigenvalue weighted by molar-refractivity contribution is 7.21. The molecule has 0 fully saturated rings. The Hall–Kier alpha value is -3.18. The quantitative estimate of drug-likeness (QED) is 0.506. The third kappa shape index (κ3) is 3.22. The minimum absolute atomic E-state index is 0.183. The van der Waals surface area contributed by atoms with Crippen LogP contribution < -0.4 is 0 Å². The number of thiazole rings is 1. The molecular formula is C20H14N2O2S. The van der Waals surface area contributed by atoms with Crippen LogP contribution in [0.5, 0.6) is 11.5 Å². The minimum Gasteiger partial charge on any atom is -0.508 e. The Balaban J connectivity index is 1.69. The molecule has 4 rings (SSSR count). The molecule has 0 spiro atoms. The Morgan fingerprint density at radius 2 is 1.72 bits per heavy atom. The van der Waals surface area contributed by atoms with Crippen molar-refractivity contribution in [3.8, 4) is 22.1 Å². The first-order valence-corrected chi connectivity index (χ1v) is 8.53. The number of nitrogens with zero attached hydrogens (tertiary/aromatic N) is 2. The van der Waals surface area contributed by atoms with Gasteiger partial charge in [0.15, 0.2) is 0 Å². The van der Waals surface area contributed by atoms with Gasteiger partial charge in [0.1, 0.15) is 16.5 Å². The van der Waals surface area contributed by atoms with Crippen molar-refractivity contribution in [3.63, 3.8) is 0 Å². The molecule has 0 amide bonds. The van der Waals surface area contributed by atoms with E-state index in [0.717, 1.165) is 26.5 Å². The first kappa shape index (κ1) is 15.4. The Morgan fingerprint density at radius 3 is 2.52 bits per heavy atom. The number of rotatable bonds is 3. The van der Waals surface area contributed by atoms with Gasteiger partial charge in [-0.05, 0) is 60.2 Å². The van der Waals surface area contributed by atoms with Crippen molar-refractivity contribution in [3.05, 3.63) is 72.3 Å². The molecule has 25 heavy (non-hydrogen) atoms. The molecular weight excluding hydrogens is 332 g/mol. The maximum absolute atomic E-state index is 10.2. The highest BCUT2D eigenvalue weighted by atomic mass is 32.1. The lowest BCUT2D eigenvalue weighted by Crippen LogP contribution is -1.81. The number of phenolic OH excluding ortho intramolecular Hbond substituents is 2. The fourth-order valence-electron chi connectivity index (χ4n) is 2.47. The third-order valence-electron chi connectivity index (χ3n) is 3.76. The molecule has 3 aromatic carbocycles. The van der Waals surface area contributed by atoms with E-state index in [1.165, 1.54) is 11.3 Å². The molecule has 0 aliphatic carbocycles. The van der Waals surface area contributed by atoms with Crippen LogP contribution in [-0.4, -0.2) is 21.4 Å². The van der Waals surface area contributed by atoms with Gasteiger partial charge >= 0.3 is 0 Å². The standard InChI is InChI=1S/C20H14N2O2S/c23-15-8-5-13(6-9-15)12-21-14-7-10-18(24)16(11-14)20-22-17-3-1-2-4-19(17)25-20/h1-12,23-24H. The molecule has 0 aliphatic rings. The maximum Gasteiger partial charge on any atom is 0.128 e. The number of hydrogen-bond acceptors (Lipinski definition) is 5. The second kappa shape index (κ2) is 6.37. The normalized spacial score (nSPS) is 11.4. The second-order valence-electron chi connectivity index (χ2n) is 5.54. The van der Waals surface area contributed by atoms with Gasteiger partial charge in [-0.2, -0.15) is 0 Å². The number of fused-ring (bicyclic) bond motifs is 1. The van der Waals surface area contributed by atoms with Gasteiger partial charge in [-0.3, -0.25) is 4.99 Å². The summed E-state index contributed by atoms with van der Waals surface area (Å²) in [7, 11) is 0. The third-order valence-corrected chi connectivity index (χ3v) is 4.83. The molecule has 0 unspecified atom stereocenters. The molecule has 122 valence electrons. The summed E-state index contributed by atoms with van der Waals surface area (Å²) in [5.74, 6) is 0.405. The van der Waals surface area contributed by atoms with Gasteiger partial charge < -0.3 is 10.2 Å². The zero-order valence-electron chi connectivity index (χ0n) is 13.1. The van der Waals surface area contributed by atoms with E-state index in [0.29, 0.717) is 5.56 Å². The average molecular weight is 346 g/mol. The monoisotopic (exact) mass is 346 g/mol. The zero-order valence-corrected chi connectivity index (χ0v) is 13.9. The van der Waals surface area contributed by atoms with Gasteiger partial charge in [0.25, 0.3) is 0 Å². The first-order chi connectivity index (χ1) is 12.2. The Bertz CT molecular complexity index is 1040. The zero-order chi connectivity index (χ0) is 17.2. The van der Waals surface area contributed by atoms with E-state index < -0.39 is 0 Å². The van der Waals surface area contributed by atoms with Crippen molar-refractivity contribution in [2.45, 2.75) is 0 Å². The average Bonchev–Trinajstić information content (AvgIpc) is 3.06. The van der Waals surface area contributed by atoms with E-state index in [2.05, 4.69) is 9.98 Å². The highest BCUT2D eigenvalue weighted by Gasteiger charge is 2.11. The number of phenols is 2. The summed E-state index contributed by atoms with van der Waals surface area (Å²) in [6, 6.07) is 19.9. The second-order valence-corrected chi connectivity index (χ2v) is 6.57. The van der Waals surface area contributed by atoms with E-state index in [4.69, 9.17) is 0 Å². The van der Waals surface area contributed by atoms with Crippen LogP contribution in [0.2, 0.25) is 0 Å². The Kier molecular flexibility index (Phi) is 3.91. The number of para-hydroxylation sites is 1. The maximum atomic E-state index is 10.2. The lowest BCUT2D eigenvalue weighted by molar-refractivity contribution is 0.475. The van der Waals surface area contributed by atoms with Crippen LogP contribution in [0.25, 0.3) is 20.8 Å². The first-order valence-electron chi connectivity index (χ1n) is 7.71. The van der Waals surface area contributed by atoms with Gasteiger partial charge in [-0.25, -0.2) is 4.98 Å². The van der Waals surface area contributed by atoms with E-state index in [1.807, 2.05) is 30.3 Å². The predicted octanol–water partition coefficient (Wildman–Crippen LogP) is 5.13. The summed E-state index contributed by atoms with van der Waals surface area (Å²) >= 11 is 1.54. The number of aromatic nitrogens is 1. The van der Waals surface area contributed by atoms with Gasteiger partial charge in [0.2, 0.25) is 0 Å². The molecule has 5 heteroatoms. The van der Waals surface area contributed by atoms with Crippen LogP contribution in [-0.2, 0) is 0 Å². The van der Waals surface area contributed by atoms with Crippen LogP contribution in [0.1, 0.15) is 5.56 Å². The van der Waals surface area contributed by atoms with Crippen molar-refractivity contribution in [1.82, 2.24) is 4.98 Å². The smallest absolute Gasteiger partial charge is 0.128 e. The molecule has 0 atom stereocenters. The van der Waals surface area contributed by atoms with Crippen molar-refractivity contribution >= 4 is 33.5 Å². The van der Waals surface area contributed by atoms with Gasteiger partial charge in [-0.15, -0.1) is 11.3 Å². The Morgan fingerprint density at radius 1 is 0.920 bits per heavy atom. The fourth-order valence-corrected chi connectivity index (χ4v) is 3.46. The summed E-state index contributed by atoms with van der Waals surface area (Å²) in [6.45, 7) is 0. The number of hydrogen-bond donors (Lipinski definition) is 2. The molecule has 1 heterocycles. The van der Waals surface area contributed by atoms with Crippen LogP contribution in [0.3, 0.4) is 0 Å². The fraction of sp³-hybridized carbons (Fsp3) is 0. The predicted molar refractivity (Wildman–Crippen MR) is 102 cm³/mol. The molecule has 0 aliphatic heterocycles. The minimum atomic E-state index is 0.183. The summed E-state index contributed by atoms with van der Waals surface area (Å²) < 4.78 is 1.08. The number of aliphatic imine (C=N–C) groups is 1. The number of benzene rings is 3. The SMILES string of the molecule is Oc1ccc(C=Nc2ccc(O)c(-c3nc4ccccc4s3)c2)cc1. The molecule has 0 bridgehead atoms. The van der Waals surface area contributed by atoms with Crippen molar-refractivity contribution in [2.75, 3.05) is 0 Å². The van der Waals surface area contributed by atoms with Gasteiger partial charge in [0, 0.05) is 6.21 Å². The summed E-state index contributed by atoms with van der Waals surface area (Å²) in [4.78, 5) is 9.04. The molecule has 0 saturated carbocycles. The van der Waals surface area contributed by atoms with E-state index >= 15 is 0 Å². The van der Waals surface area contributed by atoms with Crippen molar-refractivity contribution in [2.24, 2.45) is 4.99 Å². The van der Waals surface area contributed by atoms with Gasteiger partial charge in [0.05, 0.1) is 21.5 Å². The largest absolute Gasteiger partial charge is 0.508 e. The number of aromatic hydroxyl groups is 2. The lowest BCUT2D eigenvalue weighted by Gasteiger charge is -2.02. The molecule has 0 saturated heterocycles. The molecule has 1 aromatic heterocycles. The van der Waals surface area contributed by atoms with Crippen LogP contribution in [0.4, 0.5) is 5.69 Å². The van der Waals surface area contributed by atoms with E-state index in [9.17, 15) is 10.2 Å². The van der Waals surface area contributed by atoms with Crippen LogP contribution in [0.15, 0.2) is 71.7 Å². The molecule has 2 N–H and O–H groups in total. The molecule has 4 aromatic rings. The lowest BCUT2D eigenvalue weighted by atomic mass is 10.2. The highest BCUT2D eigenvalue weighted by Crippen LogP contribution is 2.37. The van der Waals surface area contributed by atoms with Crippen LogP contribution in [0, 0.1) is 0 Å². The van der Waals surface area contributed by atoms with E-state index in [1.54, 1.807) is 42.6 Å². The Labute approximate surface area is 148 Å². The summed E-state index contributed by atoms with van der Waals surface area (Å²) in [6.07, 6.45) is 1.72. The topological polar surface area (TPSA) is 65.7 Å². The van der Waals surface area contributed by atoms with Crippen molar-refractivity contribution in [1.29, 1.82) is 0 Å². The molecule has 0 radical (unpaired) electrons.